The van der Waals surface area contributed by atoms with Gasteiger partial charge in [0, 0.05) is 19.4 Å². The van der Waals surface area contributed by atoms with E-state index in [2.05, 4.69) is 4.99 Å². The van der Waals surface area contributed by atoms with Crippen molar-refractivity contribution in [3.8, 4) is 11.5 Å². The number of carbonyl (C=O) groups excluding carboxylic acids is 2. The van der Waals surface area contributed by atoms with Crippen LogP contribution in [-0.2, 0) is 28.5 Å². The molecule has 1 N–H and O–H groups in total. The third-order valence-electron chi connectivity index (χ3n) is 4.50. The molecule has 0 radical (unpaired) electrons. The summed E-state index contributed by atoms with van der Waals surface area (Å²) in [4.78, 5) is 26.9. The summed E-state index contributed by atoms with van der Waals surface area (Å²) in [5.74, 6) is 0.308. The predicted octanol–water partition coefficient (Wildman–Crippen LogP) is 0.141. The van der Waals surface area contributed by atoms with Crippen LogP contribution in [0.2, 0.25) is 0 Å². The monoisotopic (exact) mass is 393 g/mol. The molecule has 1 fully saturated rings. The Morgan fingerprint density at radius 1 is 1.21 bits per heavy atom. The lowest BCUT2D eigenvalue weighted by Crippen LogP contribution is -2.59. The fraction of sp³-hybridized carbons (Fsp3) is 0.500. The number of ether oxygens (including phenoxy) is 6. The van der Waals surface area contributed by atoms with E-state index in [1.807, 2.05) is 0 Å². The van der Waals surface area contributed by atoms with Gasteiger partial charge in [-0.2, -0.15) is 0 Å². The zero-order chi connectivity index (χ0) is 19.8. The molecule has 0 saturated carbocycles. The smallest absolute Gasteiger partial charge is 0.303 e. The highest BCUT2D eigenvalue weighted by atomic mass is 16.7. The van der Waals surface area contributed by atoms with E-state index in [1.54, 1.807) is 18.2 Å². The van der Waals surface area contributed by atoms with Gasteiger partial charge in [-0.3, -0.25) is 9.59 Å². The molecule has 0 amide bonds. The van der Waals surface area contributed by atoms with Gasteiger partial charge in [0.05, 0.1) is 0 Å². The number of hydrogen-bond donors (Lipinski definition) is 1. The minimum Gasteiger partial charge on any atom is -0.466 e. The Morgan fingerprint density at radius 2 is 2.00 bits per heavy atom. The van der Waals surface area contributed by atoms with Gasteiger partial charge in [0.15, 0.2) is 29.9 Å². The van der Waals surface area contributed by atoms with Crippen molar-refractivity contribution in [1.82, 2.24) is 0 Å². The zero-order valence-electron chi connectivity index (χ0n) is 15.2. The molecule has 28 heavy (non-hydrogen) atoms. The van der Waals surface area contributed by atoms with Gasteiger partial charge in [0.25, 0.3) is 0 Å². The van der Waals surface area contributed by atoms with Gasteiger partial charge in [-0.25, -0.2) is 4.99 Å². The van der Waals surface area contributed by atoms with Gasteiger partial charge in [-0.05, 0) is 18.2 Å². The molecule has 4 rings (SSSR count). The molecule has 0 spiro atoms. The summed E-state index contributed by atoms with van der Waals surface area (Å²) in [5, 5.41) is 10.7. The van der Waals surface area contributed by atoms with E-state index >= 15 is 0 Å². The molecule has 3 heterocycles. The Labute approximate surface area is 159 Å². The summed E-state index contributed by atoms with van der Waals surface area (Å²) < 4.78 is 32.4. The molecule has 0 unspecified atom stereocenters. The standard InChI is InChI=1S/C18H19NO9/c1-8(20)23-6-13-15(26-9(2)21)14(22)16-18(27-13)19-17(28-16)10-3-4-11-12(5-10)25-7-24-11/h3-5,13-16,18,22H,6-7H2,1-2H3/t13-,14+,15-,16+,18-/m1/s1. The lowest BCUT2D eigenvalue weighted by atomic mass is 9.98. The molecule has 150 valence electrons. The van der Waals surface area contributed by atoms with Crippen LogP contribution in [0.1, 0.15) is 19.4 Å². The normalized spacial score (nSPS) is 30.1. The summed E-state index contributed by atoms with van der Waals surface area (Å²) in [6.45, 7) is 2.41. The number of hydrogen-bond acceptors (Lipinski definition) is 10. The van der Waals surface area contributed by atoms with Crippen molar-refractivity contribution in [2.75, 3.05) is 13.4 Å². The van der Waals surface area contributed by atoms with Crippen molar-refractivity contribution in [1.29, 1.82) is 0 Å². The molecule has 5 atom stereocenters. The number of carbonyl (C=O) groups is 2. The second-order valence-corrected chi connectivity index (χ2v) is 6.52. The van der Waals surface area contributed by atoms with Gasteiger partial charge in [-0.1, -0.05) is 0 Å². The Kier molecular flexibility index (Phi) is 4.82. The van der Waals surface area contributed by atoms with Gasteiger partial charge >= 0.3 is 11.9 Å². The minimum atomic E-state index is -1.22. The first-order valence-corrected chi connectivity index (χ1v) is 8.71. The maximum Gasteiger partial charge on any atom is 0.303 e. The molecule has 0 bridgehead atoms. The fourth-order valence-electron chi connectivity index (χ4n) is 3.26. The average molecular weight is 393 g/mol. The van der Waals surface area contributed by atoms with Crippen molar-refractivity contribution in [3.05, 3.63) is 23.8 Å². The summed E-state index contributed by atoms with van der Waals surface area (Å²) in [5.41, 5.74) is 0.620. The quantitative estimate of drug-likeness (QED) is 0.712. The minimum absolute atomic E-state index is 0.140. The summed E-state index contributed by atoms with van der Waals surface area (Å²) in [6.07, 6.45) is -4.89. The number of benzene rings is 1. The molecule has 0 aromatic heterocycles. The Balaban J connectivity index is 1.55. The number of aliphatic hydroxyl groups is 1. The first-order chi connectivity index (χ1) is 13.4. The third kappa shape index (κ3) is 3.48. The second kappa shape index (κ2) is 7.28. The topological polar surface area (TPSA) is 122 Å². The fourth-order valence-corrected chi connectivity index (χ4v) is 3.26. The SMILES string of the molecule is CC(=O)OC[C@H]1O[C@H]2N=C(c3ccc4c(c3)OCO4)O[C@H]2[C@@H](O)[C@@H]1OC(C)=O. The van der Waals surface area contributed by atoms with Crippen LogP contribution >= 0.6 is 0 Å². The Bertz CT molecular complexity index is 823. The molecule has 1 saturated heterocycles. The van der Waals surface area contributed by atoms with Crippen LogP contribution in [0, 0.1) is 0 Å². The van der Waals surface area contributed by atoms with Crippen LogP contribution in [0.5, 0.6) is 11.5 Å². The van der Waals surface area contributed by atoms with Crippen molar-refractivity contribution in [2.24, 2.45) is 4.99 Å². The second-order valence-electron chi connectivity index (χ2n) is 6.52. The van der Waals surface area contributed by atoms with Crippen LogP contribution in [0.4, 0.5) is 0 Å². The molecule has 1 aromatic carbocycles. The van der Waals surface area contributed by atoms with E-state index < -0.39 is 42.6 Å². The first kappa shape index (κ1) is 18.5. The highest BCUT2D eigenvalue weighted by Crippen LogP contribution is 2.36. The lowest BCUT2D eigenvalue weighted by molar-refractivity contribution is -0.228. The molecular weight excluding hydrogens is 374 g/mol. The molecule has 1 aromatic rings. The van der Waals surface area contributed by atoms with Crippen LogP contribution < -0.4 is 9.47 Å². The summed E-state index contributed by atoms with van der Waals surface area (Å²) >= 11 is 0. The van der Waals surface area contributed by atoms with Crippen molar-refractivity contribution in [3.63, 3.8) is 0 Å². The maximum atomic E-state index is 11.4. The lowest BCUT2D eigenvalue weighted by Gasteiger charge is -2.39. The molecule has 3 aliphatic heterocycles. The van der Waals surface area contributed by atoms with E-state index in [0.29, 0.717) is 17.1 Å². The van der Waals surface area contributed by atoms with Crippen molar-refractivity contribution in [2.45, 2.75) is 44.5 Å². The highest BCUT2D eigenvalue weighted by molar-refractivity contribution is 5.96. The molecule has 10 heteroatoms. The molecular formula is C18H19NO9. The Hall–Kier alpha value is -2.85. The summed E-state index contributed by atoms with van der Waals surface area (Å²) in [6, 6.07) is 5.19. The van der Waals surface area contributed by atoms with Crippen LogP contribution in [-0.4, -0.2) is 67.0 Å². The summed E-state index contributed by atoms with van der Waals surface area (Å²) in [7, 11) is 0. The van der Waals surface area contributed by atoms with Crippen LogP contribution in [0.3, 0.4) is 0 Å². The number of rotatable bonds is 4. The van der Waals surface area contributed by atoms with Gasteiger partial charge in [0.1, 0.15) is 18.8 Å². The largest absolute Gasteiger partial charge is 0.466 e. The highest BCUT2D eigenvalue weighted by Gasteiger charge is 2.52. The maximum absolute atomic E-state index is 11.4. The number of fused-ring (bicyclic) bond motifs is 2. The first-order valence-electron chi connectivity index (χ1n) is 8.71. The molecule has 10 nitrogen and oxygen atoms in total. The Morgan fingerprint density at radius 3 is 2.75 bits per heavy atom. The zero-order valence-corrected chi connectivity index (χ0v) is 15.2. The van der Waals surface area contributed by atoms with Gasteiger partial charge in [-0.15, -0.1) is 0 Å². The van der Waals surface area contributed by atoms with E-state index in [4.69, 9.17) is 28.4 Å². The van der Waals surface area contributed by atoms with Crippen molar-refractivity contribution >= 4 is 17.8 Å². The van der Waals surface area contributed by atoms with E-state index in [0.717, 1.165) is 0 Å². The van der Waals surface area contributed by atoms with Crippen molar-refractivity contribution < 1.29 is 43.1 Å². The van der Waals surface area contributed by atoms with Crippen LogP contribution in [0.15, 0.2) is 23.2 Å². The average Bonchev–Trinajstić information content (AvgIpc) is 3.28. The third-order valence-corrected chi connectivity index (χ3v) is 4.50. The van der Waals surface area contributed by atoms with E-state index in [-0.39, 0.29) is 19.3 Å². The molecule has 0 aliphatic carbocycles. The number of aliphatic hydroxyl groups excluding tert-OH is 1. The van der Waals surface area contributed by atoms with E-state index in [9.17, 15) is 14.7 Å². The predicted molar refractivity (Wildman–Crippen MR) is 90.8 cm³/mol. The van der Waals surface area contributed by atoms with E-state index in [1.165, 1.54) is 13.8 Å². The van der Waals surface area contributed by atoms with Gasteiger partial charge in [0.2, 0.25) is 12.7 Å². The number of aliphatic imine (C=N–C) groups is 1. The number of nitrogens with zero attached hydrogens (tertiary/aromatic N) is 1. The van der Waals surface area contributed by atoms with Crippen LogP contribution in [0.25, 0.3) is 0 Å². The number of esters is 2. The molecule has 3 aliphatic rings. The van der Waals surface area contributed by atoms with Gasteiger partial charge < -0.3 is 33.5 Å².